The molecular formula is C27H20N2O3S. The lowest BCUT2D eigenvalue weighted by atomic mass is 10.0. The van der Waals surface area contributed by atoms with Gasteiger partial charge in [0.2, 0.25) is 0 Å². The number of thiophene rings is 1. The topological polar surface area (TPSA) is 61.2 Å². The molecule has 0 fully saturated rings. The number of fused-ring (bicyclic) bond motifs is 1. The summed E-state index contributed by atoms with van der Waals surface area (Å²) in [7, 11) is 1.32. The maximum absolute atomic E-state index is 13.6. The van der Waals surface area contributed by atoms with Crippen molar-refractivity contribution >= 4 is 27.5 Å². The molecule has 0 aliphatic rings. The van der Waals surface area contributed by atoms with Gasteiger partial charge in [0.1, 0.15) is 11.2 Å². The number of aromatic nitrogens is 2. The third-order valence-electron chi connectivity index (χ3n) is 5.64. The fraction of sp³-hybridized carbons (Fsp3) is 0.0741. The molecule has 0 aliphatic heterocycles. The van der Waals surface area contributed by atoms with Crippen molar-refractivity contribution in [2.45, 2.75) is 6.04 Å². The quantitative estimate of drug-likeness (QED) is 0.328. The molecule has 2 aromatic heterocycles. The molecule has 0 N–H and O–H groups in total. The Hall–Kier alpha value is -4.03. The fourth-order valence-corrected chi connectivity index (χ4v) is 4.88. The van der Waals surface area contributed by atoms with E-state index in [0.717, 1.165) is 22.3 Å². The first kappa shape index (κ1) is 20.8. The summed E-state index contributed by atoms with van der Waals surface area (Å²) in [6, 6.07) is 26.4. The Balaban J connectivity index is 1.62. The lowest BCUT2D eigenvalue weighted by Gasteiger charge is -2.17. The standard InChI is InChI=1S/C27H20N2O3S/c1-32-27(31)24(21-10-6-3-7-11-21)29-17-28-25-23(26(29)30)22(16-33-25)20-14-12-19(13-15-20)18-8-4-2-5-9-18/h2-17,24H,1H3. The van der Waals surface area contributed by atoms with Gasteiger partial charge in [-0.2, -0.15) is 0 Å². The number of hydrogen-bond acceptors (Lipinski definition) is 5. The van der Waals surface area contributed by atoms with Crippen LogP contribution >= 0.6 is 11.3 Å². The second-order valence-corrected chi connectivity index (χ2v) is 8.42. The zero-order chi connectivity index (χ0) is 22.8. The first-order valence-corrected chi connectivity index (χ1v) is 11.3. The van der Waals surface area contributed by atoms with Gasteiger partial charge in [-0.05, 0) is 22.3 Å². The molecule has 1 unspecified atom stereocenters. The number of carbonyl (C=O) groups is 1. The zero-order valence-corrected chi connectivity index (χ0v) is 18.7. The Kier molecular flexibility index (Phi) is 5.59. The number of methoxy groups -OCH3 is 1. The van der Waals surface area contributed by atoms with Gasteiger partial charge < -0.3 is 4.74 Å². The van der Waals surface area contributed by atoms with Gasteiger partial charge in [-0.3, -0.25) is 9.36 Å². The van der Waals surface area contributed by atoms with E-state index < -0.39 is 12.0 Å². The summed E-state index contributed by atoms with van der Waals surface area (Å²) in [5.41, 5.74) is 4.35. The smallest absolute Gasteiger partial charge is 0.333 e. The third kappa shape index (κ3) is 3.85. The summed E-state index contributed by atoms with van der Waals surface area (Å²) >= 11 is 1.41. The Morgan fingerprint density at radius 2 is 1.48 bits per heavy atom. The lowest BCUT2D eigenvalue weighted by Crippen LogP contribution is -2.31. The predicted molar refractivity (Wildman–Crippen MR) is 131 cm³/mol. The number of carbonyl (C=O) groups excluding carboxylic acids is 1. The molecule has 0 saturated carbocycles. The van der Waals surface area contributed by atoms with E-state index in [0.29, 0.717) is 15.8 Å². The number of rotatable bonds is 5. The highest BCUT2D eigenvalue weighted by atomic mass is 32.1. The molecule has 5 nitrogen and oxygen atoms in total. The second-order valence-electron chi connectivity index (χ2n) is 7.57. The molecule has 3 aromatic carbocycles. The Bertz CT molecular complexity index is 1470. The van der Waals surface area contributed by atoms with Crippen LogP contribution < -0.4 is 5.56 Å². The normalized spacial score (nSPS) is 11.9. The number of ether oxygens (including phenoxy) is 1. The minimum Gasteiger partial charge on any atom is -0.467 e. The zero-order valence-electron chi connectivity index (χ0n) is 17.8. The van der Waals surface area contributed by atoms with E-state index in [1.807, 2.05) is 66.0 Å². The average molecular weight is 453 g/mol. The second kappa shape index (κ2) is 8.84. The Morgan fingerprint density at radius 1 is 0.879 bits per heavy atom. The van der Waals surface area contributed by atoms with Crippen LogP contribution in [-0.2, 0) is 9.53 Å². The van der Waals surface area contributed by atoms with Crippen molar-refractivity contribution in [1.29, 1.82) is 0 Å². The van der Waals surface area contributed by atoms with Gasteiger partial charge in [0.15, 0.2) is 6.04 Å². The molecular weight excluding hydrogens is 432 g/mol. The molecule has 0 amide bonds. The predicted octanol–water partition coefficient (Wildman–Crippen LogP) is 5.55. The van der Waals surface area contributed by atoms with Gasteiger partial charge in [-0.1, -0.05) is 84.9 Å². The first-order valence-electron chi connectivity index (χ1n) is 10.4. The van der Waals surface area contributed by atoms with Crippen LogP contribution in [0.3, 0.4) is 0 Å². The van der Waals surface area contributed by atoms with Gasteiger partial charge in [0.25, 0.3) is 5.56 Å². The SMILES string of the molecule is COC(=O)C(c1ccccc1)n1cnc2scc(-c3ccc(-c4ccccc4)cc3)c2c1=O. The molecule has 162 valence electrons. The molecule has 1 atom stereocenters. The van der Waals surface area contributed by atoms with Crippen LogP contribution in [0.4, 0.5) is 0 Å². The molecule has 0 radical (unpaired) electrons. The van der Waals surface area contributed by atoms with E-state index >= 15 is 0 Å². The van der Waals surface area contributed by atoms with Crippen molar-refractivity contribution in [1.82, 2.24) is 9.55 Å². The largest absolute Gasteiger partial charge is 0.467 e. The van der Waals surface area contributed by atoms with E-state index in [1.165, 1.54) is 29.3 Å². The van der Waals surface area contributed by atoms with Crippen LogP contribution in [0.1, 0.15) is 11.6 Å². The van der Waals surface area contributed by atoms with Crippen molar-refractivity contribution in [2.75, 3.05) is 7.11 Å². The molecule has 5 rings (SSSR count). The van der Waals surface area contributed by atoms with E-state index in [1.54, 1.807) is 12.1 Å². The monoisotopic (exact) mass is 452 g/mol. The van der Waals surface area contributed by atoms with Crippen LogP contribution in [0.25, 0.3) is 32.5 Å². The highest BCUT2D eigenvalue weighted by Gasteiger charge is 2.26. The highest BCUT2D eigenvalue weighted by molar-refractivity contribution is 7.17. The van der Waals surface area contributed by atoms with Crippen molar-refractivity contribution < 1.29 is 9.53 Å². The molecule has 0 aliphatic carbocycles. The summed E-state index contributed by atoms with van der Waals surface area (Å²) in [5.74, 6) is -0.520. The molecule has 6 heteroatoms. The summed E-state index contributed by atoms with van der Waals surface area (Å²) in [4.78, 5) is 31.4. The first-order chi connectivity index (χ1) is 16.2. The van der Waals surface area contributed by atoms with Crippen LogP contribution in [-0.4, -0.2) is 22.6 Å². The van der Waals surface area contributed by atoms with Crippen LogP contribution in [0.15, 0.2) is 101 Å². The van der Waals surface area contributed by atoms with Gasteiger partial charge in [0.05, 0.1) is 12.5 Å². The van der Waals surface area contributed by atoms with E-state index in [9.17, 15) is 9.59 Å². The van der Waals surface area contributed by atoms with Gasteiger partial charge in [-0.25, -0.2) is 9.78 Å². The number of hydrogen-bond donors (Lipinski definition) is 0. The molecule has 0 saturated heterocycles. The summed E-state index contributed by atoms with van der Waals surface area (Å²) in [6.07, 6.45) is 1.43. The van der Waals surface area contributed by atoms with E-state index in [2.05, 4.69) is 17.1 Å². The van der Waals surface area contributed by atoms with E-state index in [4.69, 9.17) is 4.74 Å². The third-order valence-corrected chi connectivity index (χ3v) is 6.53. The van der Waals surface area contributed by atoms with Crippen LogP contribution in [0.5, 0.6) is 0 Å². The maximum atomic E-state index is 13.6. The average Bonchev–Trinajstić information content (AvgIpc) is 3.32. The Labute approximate surface area is 194 Å². The molecule has 33 heavy (non-hydrogen) atoms. The van der Waals surface area contributed by atoms with E-state index in [-0.39, 0.29) is 5.56 Å². The number of nitrogens with zero attached hydrogens (tertiary/aromatic N) is 2. The number of esters is 1. The van der Waals surface area contributed by atoms with Gasteiger partial charge >= 0.3 is 5.97 Å². The lowest BCUT2D eigenvalue weighted by molar-refractivity contribution is -0.143. The maximum Gasteiger partial charge on any atom is 0.333 e. The van der Waals surface area contributed by atoms with Crippen LogP contribution in [0.2, 0.25) is 0 Å². The Morgan fingerprint density at radius 3 is 2.15 bits per heavy atom. The van der Waals surface area contributed by atoms with Gasteiger partial charge in [-0.15, -0.1) is 11.3 Å². The molecule has 2 heterocycles. The molecule has 0 spiro atoms. The molecule has 5 aromatic rings. The van der Waals surface area contributed by atoms with Crippen molar-refractivity contribution in [3.63, 3.8) is 0 Å². The minimum atomic E-state index is -0.909. The fourth-order valence-electron chi connectivity index (χ4n) is 3.97. The molecule has 0 bridgehead atoms. The van der Waals surface area contributed by atoms with Crippen LogP contribution in [0, 0.1) is 0 Å². The number of benzene rings is 3. The van der Waals surface area contributed by atoms with Crippen molar-refractivity contribution in [3.8, 4) is 22.3 Å². The van der Waals surface area contributed by atoms with Crippen molar-refractivity contribution in [2.24, 2.45) is 0 Å². The minimum absolute atomic E-state index is 0.275. The highest BCUT2D eigenvalue weighted by Crippen LogP contribution is 2.32. The van der Waals surface area contributed by atoms with Crippen molar-refractivity contribution in [3.05, 3.63) is 113 Å². The summed E-state index contributed by atoms with van der Waals surface area (Å²) in [5, 5.41) is 2.44. The summed E-state index contributed by atoms with van der Waals surface area (Å²) in [6.45, 7) is 0. The van der Waals surface area contributed by atoms with Gasteiger partial charge in [0, 0.05) is 10.9 Å². The summed E-state index contributed by atoms with van der Waals surface area (Å²) < 4.78 is 6.38.